The molecule has 0 aromatic heterocycles. The van der Waals surface area contributed by atoms with Crippen LogP contribution in [0.4, 0.5) is 0 Å². The third-order valence-electron chi connectivity index (χ3n) is 5.61. The van der Waals surface area contributed by atoms with E-state index in [1.165, 1.54) is 0 Å². The van der Waals surface area contributed by atoms with Crippen LogP contribution in [0.5, 0.6) is 5.75 Å². The summed E-state index contributed by atoms with van der Waals surface area (Å²) in [6.45, 7) is 1.99. The summed E-state index contributed by atoms with van der Waals surface area (Å²) in [7, 11) is 0. The predicted molar refractivity (Wildman–Crippen MR) is 78.7 cm³/mol. The molecular formula is C18H22O2. The minimum Gasteiger partial charge on any atom is -0.508 e. The molecule has 4 atom stereocenters. The Labute approximate surface area is 125 Å². The Kier molecular flexibility index (Phi) is 1.83. The van der Waals surface area contributed by atoms with E-state index in [1.807, 2.05) is 6.92 Å². The molecule has 0 bridgehead atoms. The number of aliphatic hydroxyl groups excluding tert-OH is 1. The molecule has 106 valence electrons. The molecule has 3 aliphatic carbocycles. The molecular weight excluding hydrogens is 248 g/mol. The zero-order chi connectivity index (χ0) is 17.4. The van der Waals surface area contributed by atoms with Gasteiger partial charge in [0.25, 0.3) is 0 Å². The smallest absolute Gasteiger partial charge is 0.115 e. The highest BCUT2D eigenvalue weighted by molar-refractivity contribution is 5.47. The van der Waals surface area contributed by atoms with Crippen LogP contribution in [0.1, 0.15) is 55.1 Å². The Morgan fingerprint density at radius 2 is 2.30 bits per heavy atom. The Morgan fingerprint density at radius 3 is 3.15 bits per heavy atom. The predicted octanol–water partition coefficient (Wildman–Crippen LogP) is 3.53. The van der Waals surface area contributed by atoms with Gasteiger partial charge in [0.2, 0.25) is 0 Å². The summed E-state index contributed by atoms with van der Waals surface area (Å²) >= 11 is 0. The number of phenols is 1. The minimum atomic E-state index is -1.58. The number of aliphatic hydroxyl groups is 1. The largest absolute Gasteiger partial charge is 0.508 e. The van der Waals surface area contributed by atoms with Gasteiger partial charge in [-0.25, -0.2) is 0 Å². The summed E-state index contributed by atoms with van der Waals surface area (Å²) in [5.41, 5.74) is 2.42. The zero-order valence-electron chi connectivity index (χ0n) is 15.6. The molecule has 0 saturated heterocycles. The molecule has 20 heavy (non-hydrogen) atoms. The van der Waals surface area contributed by atoms with Crippen molar-refractivity contribution in [3.63, 3.8) is 0 Å². The van der Waals surface area contributed by atoms with Crippen molar-refractivity contribution < 1.29 is 15.7 Å². The van der Waals surface area contributed by atoms with Crippen LogP contribution in [-0.4, -0.2) is 16.3 Å². The van der Waals surface area contributed by atoms with E-state index >= 15 is 0 Å². The molecule has 4 rings (SSSR count). The summed E-state index contributed by atoms with van der Waals surface area (Å²) in [6.07, 6.45) is 1.89. The molecule has 2 N–H and O–H groups in total. The maximum absolute atomic E-state index is 10.5. The number of phenolic OH excluding ortho intramolecular Hbond substituents is 1. The van der Waals surface area contributed by atoms with E-state index in [4.69, 9.17) is 5.48 Å². The van der Waals surface area contributed by atoms with Crippen LogP contribution in [0, 0.1) is 11.3 Å². The number of allylic oxidation sites excluding steroid dienone is 2. The lowest BCUT2D eigenvalue weighted by atomic mass is 9.59. The highest BCUT2D eigenvalue weighted by Crippen LogP contribution is 2.59. The molecule has 2 heteroatoms. The van der Waals surface area contributed by atoms with Crippen LogP contribution in [0.15, 0.2) is 29.8 Å². The molecule has 0 heterocycles. The third kappa shape index (κ3) is 1.54. The van der Waals surface area contributed by atoms with Crippen LogP contribution in [0.3, 0.4) is 0 Å². The van der Waals surface area contributed by atoms with Crippen molar-refractivity contribution in [1.82, 2.24) is 0 Å². The van der Waals surface area contributed by atoms with Crippen molar-refractivity contribution >= 4 is 0 Å². The van der Waals surface area contributed by atoms with Gasteiger partial charge in [-0.1, -0.05) is 24.6 Å². The molecule has 0 spiro atoms. The lowest BCUT2D eigenvalue weighted by Crippen LogP contribution is -2.39. The van der Waals surface area contributed by atoms with Crippen molar-refractivity contribution in [2.45, 2.75) is 51.0 Å². The van der Waals surface area contributed by atoms with Gasteiger partial charge in [-0.05, 0) is 61.2 Å². The van der Waals surface area contributed by atoms with Gasteiger partial charge >= 0.3 is 0 Å². The molecule has 1 aromatic carbocycles. The third-order valence-corrected chi connectivity index (χ3v) is 5.61. The standard InChI is InChI=1S/C18H22O2/c1-18-9-8-14-13-5-3-12(19)10-11(13)2-4-15(14)16(18)6-7-17(18)20/h3-5,10,14,16-17,19-20H,2,6-9H2,1H3/t14-,16+,17+,18+/m1/s1/i3D,7D2,10D. The van der Waals surface area contributed by atoms with Crippen LogP contribution in [0.2, 0.25) is 0 Å². The van der Waals surface area contributed by atoms with E-state index in [1.54, 1.807) is 6.07 Å². The second-order valence-electron chi connectivity index (χ2n) is 6.56. The number of aromatic hydroxyl groups is 1. The van der Waals surface area contributed by atoms with E-state index in [2.05, 4.69) is 6.08 Å². The molecule has 0 aliphatic heterocycles. The van der Waals surface area contributed by atoms with Gasteiger partial charge < -0.3 is 10.2 Å². The first-order valence-corrected chi connectivity index (χ1v) is 7.37. The van der Waals surface area contributed by atoms with Gasteiger partial charge in [0.1, 0.15) is 5.75 Å². The highest BCUT2D eigenvalue weighted by atomic mass is 16.3. The fourth-order valence-corrected chi connectivity index (χ4v) is 4.36. The van der Waals surface area contributed by atoms with Gasteiger partial charge in [-0.2, -0.15) is 0 Å². The molecule has 0 radical (unpaired) electrons. The number of hydrogen-bond acceptors (Lipinski definition) is 2. The van der Waals surface area contributed by atoms with E-state index in [0.29, 0.717) is 12.8 Å². The van der Waals surface area contributed by atoms with Gasteiger partial charge in [0, 0.05) is 14.1 Å². The van der Waals surface area contributed by atoms with Crippen molar-refractivity contribution in [2.24, 2.45) is 11.3 Å². The number of fused-ring (bicyclic) bond motifs is 5. The van der Waals surface area contributed by atoms with Crippen molar-refractivity contribution in [3.8, 4) is 5.75 Å². The van der Waals surface area contributed by atoms with Crippen molar-refractivity contribution in [3.05, 3.63) is 40.9 Å². The van der Waals surface area contributed by atoms with Gasteiger partial charge in [0.15, 0.2) is 0 Å². The average Bonchev–Trinajstić information content (AvgIpc) is 2.72. The summed E-state index contributed by atoms with van der Waals surface area (Å²) in [4.78, 5) is 0. The van der Waals surface area contributed by atoms with Crippen LogP contribution in [-0.2, 0) is 6.42 Å². The minimum absolute atomic E-state index is 0.00781. The summed E-state index contributed by atoms with van der Waals surface area (Å²) in [5, 5.41) is 20.4. The number of benzene rings is 1. The molecule has 2 nitrogen and oxygen atoms in total. The quantitative estimate of drug-likeness (QED) is 0.711. The fourth-order valence-electron chi connectivity index (χ4n) is 4.36. The van der Waals surface area contributed by atoms with E-state index < -0.39 is 17.9 Å². The molecule has 1 aromatic rings. The second-order valence-corrected chi connectivity index (χ2v) is 6.56. The average molecular weight is 274 g/mol. The molecule has 0 unspecified atom stereocenters. The van der Waals surface area contributed by atoms with E-state index in [0.717, 1.165) is 29.5 Å². The van der Waals surface area contributed by atoms with Crippen molar-refractivity contribution in [2.75, 3.05) is 0 Å². The Balaban J connectivity index is 1.80. The maximum atomic E-state index is 10.5. The van der Waals surface area contributed by atoms with Gasteiger partial charge in [-0.15, -0.1) is 0 Å². The van der Waals surface area contributed by atoms with E-state index in [9.17, 15) is 10.2 Å². The second kappa shape index (κ2) is 4.11. The summed E-state index contributed by atoms with van der Waals surface area (Å²) < 4.78 is 32.3. The maximum Gasteiger partial charge on any atom is 0.115 e. The Morgan fingerprint density at radius 1 is 1.45 bits per heavy atom. The lowest BCUT2D eigenvalue weighted by Gasteiger charge is -2.46. The Bertz CT molecular complexity index is 758. The molecule has 2 fully saturated rings. The van der Waals surface area contributed by atoms with E-state index in [-0.39, 0.29) is 29.7 Å². The monoisotopic (exact) mass is 274 g/mol. The highest BCUT2D eigenvalue weighted by Gasteiger charge is 2.51. The summed E-state index contributed by atoms with van der Waals surface area (Å²) in [5.74, 6) is -0.202. The van der Waals surface area contributed by atoms with Crippen LogP contribution >= 0.6 is 0 Å². The zero-order valence-corrected chi connectivity index (χ0v) is 11.6. The first kappa shape index (κ1) is 8.89. The first-order chi connectivity index (χ1) is 11.2. The normalized spacial score (nSPS) is 44.1. The number of hydrogen-bond donors (Lipinski definition) is 2. The first-order valence-electron chi connectivity index (χ1n) is 9.37. The molecule has 2 saturated carbocycles. The lowest BCUT2D eigenvalue weighted by molar-refractivity contribution is 0.0267. The molecule has 3 aliphatic rings. The van der Waals surface area contributed by atoms with Gasteiger partial charge in [-0.3, -0.25) is 0 Å². The summed E-state index contributed by atoms with van der Waals surface area (Å²) in [6, 6.07) is 1.70. The fraction of sp³-hybridized carbons (Fsp3) is 0.556. The van der Waals surface area contributed by atoms with Gasteiger partial charge in [0.05, 0.1) is 8.85 Å². The Hall–Kier alpha value is -1.28. The SMILES string of the molecule is [2H]c1cc2c(c([2H])c1O)CC=C1[C@@H]2CC[C@@]2(C)[C@H]1CC([2H])([2H])[C@@H]2O. The van der Waals surface area contributed by atoms with Crippen molar-refractivity contribution in [1.29, 1.82) is 0 Å². The van der Waals surface area contributed by atoms with Crippen LogP contribution in [0.25, 0.3) is 0 Å². The molecule has 0 amide bonds. The van der Waals surface area contributed by atoms with Crippen LogP contribution < -0.4 is 0 Å². The topological polar surface area (TPSA) is 40.5 Å². The number of rotatable bonds is 0.